The number of aromatic nitrogens is 1. The number of likely N-dealkylation sites (tertiary alicyclic amines) is 2. The maximum atomic E-state index is 14.1. The van der Waals surface area contributed by atoms with Gasteiger partial charge in [0.25, 0.3) is 11.8 Å². The molecule has 1 aromatic heterocycles. The first-order valence-electron chi connectivity index (χ1n) is 23.1. The minimum Gasteiger partial charge on any atom is -0.491 e. The number of rotatable bonds is 19. The molecule has 18 nitrogen and oxygen atoms in total. The maximum absolute atomic E-state index is 14.1. The molecule has 0 spiro atoms. The molecule has 0 aliphatic carbocycles. The van der Waals surface area contributed by atoms with Crippen molar-refractivity contribution in [2.24, 2.45) is 0 Å². The topological polar surface area (TPSA) is 230 Å². The van der Waals surface area contributed by atoms with Crippen LogP contribution in [0.4, 0.5) is 21.0 Å². The van der Waals surface area contributed by atoms with Crippen molar-refractivity contribution in [1.29, 1.82) is 0 Å². The number of nitrogens with zero attached hydrogens (tertiary/aromatic N) is 3. The maximum Gasteiger partial charge on any atom is 0.405 e. The minimum absolute atomic E-state index is 0.280. The molecule has 364 valence electrons. The lowest BCUT2D eigenvalue weighted by molar-refractivity contribution is -0.138. The third-order valence-electron chi connectivity index (χ3n) is 12.5. The van der Waals surface area contributed by atoms with Gasteiger partial charge in [-0.15, -0.1) is 0 Å². The summed E-state index contributed by atoms with van der Waals surface area (Å²) in [5, 5.41) is 31.7. The minimum atomic E-state index is -1.36. The van der Waals surface area contributed by atoms with Crippen molar-refractivity contribution in [3.8, 4) is 5.75 Å². The number of carbonyl (C=O) groups excluding carboxylic acids is 4. The predicted octanol–water partition coefficient (Wildman–Crippen LogP) is 6.76. The largest absolute Gasteiger partial charge is 0.491 e. The Balaban J connectivity index is 1.07. The molecule has 2 unspecified atom stereocenters. The number of ether oxygens (including phenoxy) is 3. The second-order valence-electron chi connectivity index (χ2n) is 17.1. The number of anilines is 2. The Hall–Kier alpha value is -7.96. The van der Waals surface area contributed by atoms with Gasteiger partial charge in [0.05, 0.1) is 30.9 Å². The van der Waals surface area contributed by atoms with Gasteiger partial charge in [-0.05, 0) is 78.8 Å². The normalized spacial score (nSPS) is 16.4. The Morgan fingerprint density at radius 2 is 1.10 bits per heavy atom. The lowest BCUT2D eigenvalue weighted by atomic mass is 10.0. The highest BCUT2D eigenvalue weighted by atomic mass is 16.5. The van der Waals surface area contributed by atoms with Gasteiger partial charge in [0.15, 0.2) is 0 Å². The van der Waals surface area contributed by atoms with Crippen LogP contribution < -0.4 is 26.0 Å². The zero-order valence-corrected chi connectivity index (χ0v) is 38.5. The molecule has 6 aromatic rings. The highest BCUT2D eigenvalue weighted by Gasteiger charge is 2.40. The van der Waals surface area contributed by atoms with Crippen LogP contribution in [0.1, 0.15) is 54.5 Å². The van der Waals surface area contributed by atoms with E-state index >= 15 is 0 Å². The molecule has 2 saturated heterocycles. The lowest BCUT2D eigenvalue weighted by Crippen LogP contribution is -2.48. The summed E-state index contributed by atoms with van der Waals surface area (Å²) in [7, 11) is 1.61. The quantitative estimate of drug-likeness (QED) is 0.0465. The predicted molar refractivity (Wildman–Crippen MR) is 261 cm³/mol. The van der Waals surface area contributed by atoms with Gasteiger partial charge in [-0.25, -0.2) is 9.59 Å². The molecule has 70 heavy (non-hydrogen) atoms. The molecule has 6 amide bonds. The van der Waals surface area contributed by atoms with Gasteiger partial charge in [0, 0.05) is 48.9 Å². The highest BCUT2D eigenvalue weighted by Crippen LogP contribution is 2.35. The highest BCUT2D eigenvalue weighted by molar-refractivity contribution is 6.11. The first-order chi connectivity index (χ1) is 34.0. The van der Waals surface area contributed by atoms with Gasteiger partial charge in [0.1, 0.15) is 36.5 Å². The third-order valence-corrected chi connectivity index (χ3v) is 12.5. The van der Waals surface area contributed by atoms with Gasteiger partial charge in [0.2, 0.25) is 11.8 Å². The van der Waals surface area contributed by atoms with Crippen LogP contribution in [0, 0.1) is 0 Å². The molecule has 0 saturated carbocycles. The fraction of sp³-hybridized carbons (Fsp3) is 0.308. The Kier molecular flexibility index (Phi) is 15.5. The third kappa shape index (κ3) is 11.3. The molecule has 0 bridgehead atoms. The van der Waals surface area contributed by atoms with E-state index in [2.05, 4.69) is 25.8 Å². The SMILES string of the molecule is COCCOCCOc1cccc(Cn2c3cc(NC(=O)[C@@H]4CCCN4C(=O)C(NC(=O)O)c4ccccc4)ccc3c3ccc(NC(=O)[C@@H]4CCCN4C(=O)C(NC(=O)O)c4ccccc4)cc32)c1. The molecule has 5 aromatic carbocycles. The van der Waals surface area contributed by atoms with E-state index in [1.54, 1.807) is 79.9 Å². The fourth-order valence-corrected chi connectivity index (χ4v) is 9.30. The Labute approximate surface area is 403 Å². The fourth-order valence-electron chi connectivity index (χ4n) is 9.30. The van der Waals surface area contributed by atoms with E-state index in [9.17, 15) is 39.0 Å². The van der Waals surface area contributed by atoms with Gasteiger partial charge >= 0.3 is 12.2 Å². The molecule has 8 rings (SSSR count). The zero-order chi connectivity index (χ0) is 49.1. The molecule has 2 fully saturated rings. The number of carbonyl (C=O) groups is 6. The van der Waals surface area contributed by atoms with Gasteiger partial charge in [-0.2, -0.15) is 0 Å². The second-order valence-corrected chi connectivity index (χ2v) is 17.1. The van der Waals surface area contributed by atoms with Crippen molar-refractivity contribution in [1.82, 2.24) is 25.0 Å². The smallest absolute Gasteiger partial charge is 0.405 e. The first-order valence-corrected chi connectivity index (χ1v) is 23.1. The van der Waals surface area contributed by atoms with Crippen LogP contribution in [0.2, 0.25) is 0 Å². The number of methoxy groups -OCH3 is 1. The van der Waals surface area contributed by atoms with Gasteiger partial charge in [-0.3, -0.25) is 19.2 Å². The Bertz CT molecular complexity index is 2700. The summed E-state index contributed by atoms with van der Waals surface area (Å²) in [5.74, 6) is -1.22. The summed E-state index contributed by atoms with van der Waals surface area (Å²) >= 11 is 0. The number of benzene rings is 5. The number of hydrogen-bond donors (Lipinski definition) is 6. The van der Waals surface area contributed by atoms with Crippen LogP contribution in [-0.2, 0) is 35.2 Å². The van der Waals surface area contributed by atoms with Crippen molar-refractivity contribution in [2.75, 3.05) is 57.3 Å². The van der Waals surface area contributed by atoms with E-state index < -0.39 is 60.0 Å². The summed E-state index contributed by atoms with van der Waals surface area (Å²) in [6.07, 6.45) is -0.833. The zero-order valence-electron chi connectivity index (χ0n) is 38.5. The number of amides is 6. The van der Waals surface area contributed by atoms with E-state index in [1.807, 2.05) is 48.5 Å². The van der Waals surface area contributed by atoms with E-state index in [-0.39, 0.29) is 13.1 Å². The van der Waals surface area contributed by atoms with Crippen LogP contribution in [0.25, 0.3) is 21.8 Å². The number of fused-ring (bicyclic) bond motifs is 3. The average Bonchev–Trinajstić information content (AvgIpc) is 4.13. The number of nitrogens with one attached hydrogen (secondary N) is 4. The standard InChI is InChI=1S/C52H55N7O11/c1-68-25-26-69-27-28-70-38-16-8-11-33(29-38)32-59-43-30-36(53-47(60)41-17-9-23-57(41)49(62)45(55-51(64)65)34-12-4-2-5-13-34)19-21-39(43)40-22-20-37(31-44(40)59)54-48(61)42-18-10-24-58(42)50(63)46(56-52(66)67)35-14-6-3-7-15-35/h2-8,11-16,19-22,29-31,41-42,45-46,55-56H,9-10,17-18,23-28,32H2,1H3,(H,53,60)(H,54,61)(H,64,65)(H,66,67)/t41-,42-,45?,46?/m0/s1. The summed E-state index contributed by atoms with van der Waals surface area (Å²) in [6.45, 7) is 2.54. The van der Waals surface area contributed by atoms with E-state index in [4.69, 9.17) is 14.2 Å². The van der Waals surface area contributed by atoms with Crippen LogP contribution in [0.5, 0.6) is 5.75 Å². The summed E-state index contributed by atoms with van der Waals surface area (Å²) in [6, 6.07) is 31.7. The molecular weight excluding hydrogens is 899 g/mol. The van der Waals surface area contributed by atoms with Crippen LogP contribution in [0.15, 0.2) is 121 Å². The van der Waals surface area contributed by atoms with Crippen molar-refractivity contribution in [3.05, 3.63) is 138 Å². The van der Waals surface area contributed by atoms with E-state index in [1.165, 1.54) is 9.80 Å². The number of carboxylic acid groups (broad SMARTS) is 2. The monoisotopic (exact) mass is 953 g/mol. The second kappa shape index (κ2) is 22.4. The van der Waals surface area contributed by atoms with Crippen molar-refractivity contribution in [3.63, 3.8) is 0 Å². The summed E-state index contributed by atoms with van der Waals surface area (Å²) in [5.41, 5.74) is 4.28. The van der Waals surface area contributed by atoms with Gasteiger partial charge < -0.3 is 60.1 Å². The van der Waals surface area contributed by atoms with Crippen LogP contribution in [0.3, 0.4) is 0 Å². The molecule has 18 heteroatoms. The molecule has 3 heterocycles. The van der Waals surface area contributed by atoms with Crippen molar-refractivity contribution >= 4 is 69.0 Å². The van der Waals surface area contributed by atoms with Crippen LogP contribution in [-0.4, -0.2) is 119 Å². The number of hydrogen-bond acceptors (Lipinski definition) is 9. The molecule has 2 aliphatic rings. The molecule has 6 N–H and O–H groups in total. The Morgan fingerprint density at radius 3 is 1.59 bits per heavy atom. The molecule has 4 atom stereocenters. The van der Waals surface area contributed by atoms with E-state index in [0.29, 0.717) is 86.9 Å². The molecular formula is C52H55N7O11. The van der Waals surface area contributed by atoms with Crippen LogP contribution >= 0.6 is 0 Å². The first kappa shape index (κ1) is 48.5. The Morgan fingerprint density at radius 1 is 0.600 bits per heavy atom. The average molecular weight is 954 g/mol. The molecule has 0 radical (unpaired) electrons. The van der Waals surface area contributed by atoms with Gasteiger partial charge in [-0.1, -0.05) is 84.9 Å². The summed E-state index contributed by atoms with van der Waals surface area (Å²) < 4.78 is 18.7. The van der Waals surface area contributed by atoms with Crippen molar-refractivity contribution in [2.45, 2.75) is 56.4 Å². The van der Waals surface area contributed by atoms with E-state index in [0.717, 1.165) is 27.4 Å². The van der Waals surface area contributed by atoms with Crippen molar-refractivity contribution < 1.29 is 53.2 Å². The molecule has 2 aliphatic heterocycles. The lowest BCUT2D eigenvalue weighted by Gasteiger charge is -2.28. The summed E-state index contributed by atoms with van der Waals surface area (Å²) in [4.78, 5) is 82.5.